The van der Waals surface area contributed by atoms with E-state index in [1.165, 1.54) is 0 Å². The second-order valence-electron chi connectivity index (χ2n) is 3.49. The van der Waals surface area contributed by atoms with Gasteiger partial charge in [-0.3, -0.25) is 0 Å². The SMILES string of the molecule is Cc1noc(CNC(=O)NCC[C@H](O)C(=O)O)n1. The lowest BCUT2D eigenvalue weighted by Gasteiger charge is -2.07. The van der Waals surface area contributed by atoms with Crippen LogP contribution in [-0.4, -0.2) is 45.0 Å². The fourth-order valence-electron chi connectivity index (χ4n) is 1.08. The number of aryl methyl sites for hydroxylation is 1. The number of urea groups is 1. The maximum absolute atomic E-state index is 11.2. The van der Waals surface area contributed by atoms with Crippen molar-refractivity contribution in [2.24, 2.45) is 0 Å². The number of aromatic nitrogens is 2. The average molecular weight is 258 g/mol. The van der Waals surface area contributed by atoms with E-state index in [2.05, 4.69) is 20.8 Å². The first-order valence-electron chi connectivity index (χ1n) is 5.21. The standard InChI is InChI=1S/C9H14N4O5/c1-5-12-7(18-13-5)4-11-9(17)10-3-2-6(14)8(15)16/h6,14H,2-4H2,1H3,(H,15,16)(H2,10,11,17)/t6-/m0/s1. The lowest BCUT2D eigenvalue weighted by atomic mass is 10.2. The Morgan fingerprint density at radius 1 is 1.44 bits per heavy atom. The summed E-state index contributed by atoms with van der Waals surface area (Å²) >= 11 is 0. The van der Waals surface area contributed by atoms with Crippen molar-refractivity contribution in [2.45, 2.75) is 26.0 Å². The molecule has 1 atom stereocenters. The molecule has 0 spiro atoms. The van der Waals surface area contributed by atoms with E-state index in [1.807, 2.05) is 0 Å². The van der Waals surface area contributed by atoms with Gasteiger partial charge in [0.25, 0.3) is 0 Å². The van der Waals surface area contributed by atoms with Gasteiger partial charge in [-0.1, -0.05) is 5.16 Å². The summed E-state index contributed by atoms with van der Waals surface area (Å²) in [6, 6.07) is -0.511. The number of amides is 2. The average Bonchev–Trinajstić information content (AvgIpc) is 2.72. The number of rotatable bonds is 6. The fraction of sp³-hybridized carbons (Fsp3) is 0.556. The molecule has 0 saturated carbocycles. The van der Waals surface area contributed by atoms with Gasteiger partial charge in [-0.05, 0) is 6.92 Å². The molecule has 0 saturated heterocycles. The van der Waals surface area contributed by atoms with Crippen LogP contribution in [0.15, 0.2) is 4.52 Å². The Kier molecular flexibility index (Phi) is 5.06. The normalized spacial score (nSPS) is 11.9. The van der Waals surface area contributed by atoms with Crippen molar-refractivity contribution in [2.75, 3.05) is 6.54 Å². The first-order chi connectivity index (χ1) is 8.49. The molecule has 1 heterocycles. The summed E-state index contributed by atoms with van der Waals surface area (Å²) in [4.78, 5) is 25.4. The second kappa shape index (κ2) is 6.55. The Hall–Kier alpha value is -2.16. The zero-order chi connectivity index (χ0) is 13.5. The van der Waals surface area contributed by atoms with Crippen LogP contribution in [0.2, 0.25) is 0 Å². The van der Waals surface area contributed by atoms with Gasteiger partial charge in [0.2, 0.25) is 5.89 Å². The maximum Gasteiger partial charge on any atom is 0.332 e. The molecule has 1 aromatic rings. The zero-order valence-electron chi connectivity index (χ0n) is 9.71. The lowest BCUT2D eigenvalue weighted by Crippen LogP contribution is -2.37. The van der Waals surface area contributed by atoms with Gasteiger partial charge >= 0.3 is 12.0 Å². The van der Waals surface area contributed by atoms with E-state index in [9.17, 15) is 9.59 Å². The monoisotopic (exact) mass is 258 g/mol. The van der Waals surface area contributed by atoms with E-state index in [1.54, 1.807) is 6.92 Å². The van der Waals surface area contributed by atoms with Crippen LogP contribution in [-0.2, 0) is 11.3 Å². The van der Waals surface area contributed by atoms with Gasteiger partial charge in [0.15, 0.2) is 11.9 Å². The number of nitrogens with one attached hydrogen (secondary N) is 2. The first kappa shape index (κ1) is 13.9. The molecule has 0 radical (unpaired) electrons. The molecule has 2 amide bonds. The van der Waals surface area contributed by atoms with Crippen LogP contribution >= 0.6 is 0 Å². The highest BCUT2D eigenvalue weighted by Gasteiger charge is 2.12. The number of hydrogen-bond donors (Lipinski definition) is 4. The molecule has 0 aromatic carbocycles. The highest BCUT2D eigenvalue weighted by atomic mass is 16.5. The molecule has 9 nitrogen and oxygen atoms in total. The first-order valence-corrected chi connectivity index (χ1v) is 5.21. The summed E-state index contributed by atoms with van der Waals surface area (Å²) in [5.74, 6) is -0.580. The summed E-state index contributed by atoms with van der Waals surface area (Å²) in [5, 5.41) is 25.7. The molecule has 0 fully saturated rings. The Labute approximate surface area is 102 Å². The third-order valence-electron chi connectivity index (χ3n) is 1.96. The summed E-state index contributed by atoms with van der Waals surface area (Å²) in [5.41, 5.74) is 0. The molecule has 1 aromatic heterocycles. The number of aliphatic hydroxyl groups excluding tert-OH is 1. The van der Waals surface area contributed by atoms with Gasteiger partial charge in [-0.25, -0.2) is 9.59 Å². The molecule has 0 aliphatic carbocycles. The molecule has 0 aliphatic rings. The molecule has 18 heavy (non-hydrogen) atoms. The number of aliphatic hydroxyl groups is 1. The molecular formula is C9H14N4O5. The van der Waals surface area contributed by atoms with Crippen molar-refractivity contribution in [3.63, 3.8) is 0 Å². The number of aliphatic carboxylic acids is 1. The molecular weight excluding hydrogens is 244 g/mol. The molecule has 4 N–H and O–H groups in total. The van der Waals surface area contributed by atoms with Crippen LogP contribution in [0.1, 0.15) is 18.1 Å². The fourth-order valence-corrected chi connectivity index (χ4v) is 1.08. The van der Waals surface area contributed by atoms with Gasteiger partial charge < -0.3 is 25.4 Å². The lowest BCUT2D eigenvalue weighted by molar-refractivity contribution is -0.146. The highest BCUT2D eigenvalue weighted by molar-refractivity contribution is 5.74. The predicted molar refractivity (Wildman–Crippen MR) is 57.5 cm³/mol. The van der Waals surface area contributed by atoms with E-state index in [4.69, 9.17) is 14.7 Å². The molecule has 0 bridgehead atoms. The van der Waals surface area contributed by atoms with Gasteiger partial charge in [-0.2, -0.15) is 4.98 Å². The Morgan fingerprint density at radius 2 is 2.17 bits per heavy atom. The van der Waals surface area contributed by atoms with E-state index < -0.39 is 18.1 Å². The van der Waals surface area contributed by atoms with Crippen molar-refractivity contribution < 1.29 is 24.3 Å². The third kappa shape index (κ3) is 4.78. The summed E-state index contributed by atoms with van der Waals surface area (Å²) < 4.78 is 4.77. The van der Waals surface area contributed by atoms with Crippen molar-refractivity contribution in [3.05, 3.63) is 11.7 Å². The Morgan fingerprint density at radius 3 is 2.72 bits per heavy atom. The van der Waals surface area contributed by atoms with E-state index >= 15 is 0 Å². The number of carboxylic acids is 1. The minimum absolute atomic E-state index is 0.0438. The van der Waals surface area contributed by atoms with Crippen LogP contribution in [0.5, 0.6) is 0 Å². The van der Waals surface area contributed by atoms with Crippen LogP contribution < -0.4 is 10.6 Å². The number of nitrogens with zero attached hydrogens (tertiary/aromatic N) is 2. The molecule has 100 valence electrons. The van der Waals surface area contributed by atoms with Crippen LogP contribution in [0.25, 0.3) is 0 Å². The Bertz CT molecular complexity index is 419. The summed E-state index contributed by atoms with van der Waals surface area (Å²) in [6.45, 7) is 1.77. The Balaban J connectivity index is 2.16. The number of carbonyl (C=O) groups excluding carboxylic acids is 1. The van der Waals surface area contributed by atoms with E-state index in [0.717, 1.165) is 0 Å². The van der Waals surface area contributed by atoms with Crippen molar-refractivity contribution in [1.82, 2.24) is 20.8 Å². The minimum atomic E-state index is -1.48. The number of carbonyl (C=O) groups is 2. The van der Waals surface area contributed by atoms with Crippen LogP contribution in [0.3, 0.4) is 0 Å². The van der Waals surface area contributed by atoms with E-state index in [-0.39, 0.29) is 25.4 Å². The maximum atomic E-state index is 11.2. The van der Waals surface area contributed by atoms with Gasteiger partial charge in [0.1, 0.15) is 0 Å². The highest BCUT2D eigenvalue weighted by Crippen LogP contribution is 1.94. The van der Waals surface area contributed by atoms with Gasteiger partial charge in [-0.15, -0.1) is 0 Å². The molecule has 0 unspecified atom stereocenters. The minimum Gasteiger partial charge on any atom is -0.479 e. The van der Waals surface area contributed by atoms with Crippen molar-refractivity contribution in [1.29, 1.82) is 0 Å². The van der Waals surface area contributed by atoms with Crippen molar-refractivity contribution in [3.8, 4) is 0 Å². The van der Waals surface area contributed by atoms with Gasteiger partial charge in [0, 0.05) is 13.0 Å². The quantitative estimate of drug-likeness (QED) is 0.514. The van der Waals surface area contributed by atoms with Gasteiger partial charge in [0.05, 0.1) is 6.54 Å². The number of carboxylic acid groups (broad SMARTS) is 1. The van der Waals surface area contributed by atoms with Crippen molar-refractivity contribution >= 4 is 12.0 Å². The molecule has 0 aliphatic heterocycles. The topological polar surface area (TPSA) is 138 Å². The molecule has 1 rings (SSSR count). The predicted octanol–water partition coefficient (Wildman–Crippen LogP) is -0.987. The van der Waals surface area contributed by atoms with Crippen LogP contribution in [0.4, 0.5) is 4.79 Å². The number of hydrogen-bond acceptors (Lipinski definition) is 6. The largest absolute Gasteiger partial charge is 0.479 e. The third-order valence-corrected chi connectivity index (χ3v) is 1.96. The second-order valence-corrected chi connectivity index (χ2v) is 3.49. The summed E-state index contributed by atoms with van der Waals surface area (Å²) in [6.07, 6.45) is -1.55. The van der Waals surface area contributed by atoms with Crippen LogP contribution in [0, 0.1) is 6.92 Å². The summed E-state index contributed by atoms with van der Waals surface area (Å²) in [7, 11) is 0. The smallest absolute Gasteiger partial charge is 0.332 e. The van der Waals surface area contributed by atoms with E-state index in [0.29, 0.717) is 5.82 Å². The zero-order valence-corrected chi connectivity index (χ0v) is 9.71. The molecule has 9 heteroatoms.